The van der Waals surface area contributed by atoms with Gasteiger partial charge in [-0.1, -0.05) is 23.2 Å². The van der Waals surface area contributed by atoms with Crippen molar-refractivity contribution >= 4 is 66.4 Å². The van der Waals surface area contributed by atoms with Crippen molar-refractivity contribution in [2.45, 2.75) is 0 Å². The molecule has 0 aromatic carbocycles. The van der Waals surface area contributed by atoms with Crippen LogP contribution in [-0.4, -0.2) is 31.1 Å². The van der Waals surface area contributed by atoms with Crippen LogP contribution >= 0.6 is 55.1 Å². The summed E-state index contributed by atoms with van der Waals surface area (Å²) in [4.78, 5) is 9.80. The molecule has 0 aliphatic carbocycles. The first-order chi connectivity index (χ1) is 9.85. The van der Waals surface area contributed by atoms with Crippen LogP contribution in [0.5, 0.6) is 0 Å². The monoisotopic (exact) mass is 454 g/mol. The van der Waals surface area contributed by atoms with Gasteiger partial charge in [-0.15, -0.1) is 0 Å². The summed E-state index contributed by atoms with van der Waals surface area (Å²) in [6.07, 6.45) is 3.33. The molecule has 21 heavy (non-hydrogen) atoms. The Morgan fingerprint density at radius 1 is 1.00 bits per heavy atom. The number of pyridine rings is 2. The molecule has 1 N–H and O–H groups in total. The molecule has 0 saturated heterocycles. The van der Waals surface area contributed by atoms with E-state index in [0.29, 0.717) is 10.3 Å². The van der Waals surface area contributed by atoms with Crippen LogP contribution in [0.4, 0.5) is 11.4 Å². The average molecular weight is 457 g/mol. The Kier molecular flexibility index (Phi) is 7.73. The number of nitrogens with one attached hydrogen (secondary N) is 1. The van der Waals surface area contributed by atoms with Gasteiger partial charge >= 0.3 is 0 Å². The van der Waals surface area contributed by atoms with Gasteiger partial charge in [-0.2, -0.15) is 0 Å². The molecule has 2 heterocycles. The Hall–Kier alpha value is -0.560. The maximum absolute atomic E-state index is 5.82. The second-order valence-corrected chi connectivity index (χ2v) is 6.65. The highest BCUT2D eigenvalue weighted by Gasteiger charge is 2.03. The Morgan fingerprint density at radius 3 is 1.95 bits per heavy atom. The van der Waals surface area contributed by atoms with E-state index in [2.05, 4.69) is 47.1 Å². The van der Waals surface area contributed by atoms with E-state index in [0.717, 1.165) is 20.3 Å². The quantitative estimate of drug-likeness (QED) is 0.638. The molecule has 0 atom stereocenters. The van der Waals surface area contributed by atoms with Gasteiger partial charge in [0.2, 0.25) is 0 Å². The van der Waals surface area contributed by atoms with Gasteiger partial charge in [-0.25, -0.2) is 9.97 Å². The molecule has 4 nitrogen and oxygen atoms in total. The normalized spacial score (nSPS) is 9.67. The third-order valence-corrected chi connectivity index (χ3v) is 3.80. The molecule has 0 aliphatic heterocycles. The van der Waals surface area contributed by atoms with Gasteiger partial charge in [0.1, 0.15) is 0 Å². The predicted octanol–water partition coefficient (Wildman–Crippen LogP) is 5.10. The Labute approximate surface area is 151 Å². The molecular weight excluding hydrogens is 443 g/mol. The number of halogens is 4. The zero-order valence-corrected chi connectivity index (χ0v) is 16.3. The van der Waals surface area contributed by atoms with Crippen molar-refractivity contribution in [2.75, 3.05) is 31.4 Å². The summed E-state index contributed by atoms with van der Waals surface area (Å²) in [5.74, 6) is 0. The molecule has 0 aliphatic rings. The second kappa shape index (κ2) is 8.78. The van der Waals surface area contributed by atoms with Crippen molar-refractivity contribution in [3.63, 3.8) is 0 Å². The van der Waals surface area contributed by atoms with Crippen molar-refractivity contribution in [1.82, 2.24) is 9.97 Å². The lowest BCUT2D eigenvalue weighted by Gasteiger charge is -2.13. The highest BCUT2D eigenvalue weighted by Crippen LogP contribution is 2.24. The maximum atomic E-state index is 5.82. The van der Waals surface area contributed by atoms with Gasteiger partial charge in [-0.05, 0) is 44.0 Å². The molecule has 0 fully saturated rings. The molecule has 0 spiro atoms. The van der Waals surface area contributed by atoms with Crippen LogP contribution in [0.1, 0.15) is 0 Å². The highest BCUT2D eigenvalue weighted by atomic mass is 79.9. The van der Waals surface area contributed by atoms with Crippen LogP contribution in [0.3, 0.4) is 0 Å². The number of aromatic nitrogens is 2. The topological polar surface area (TPSA) is 41.1 Å². The summed E-state index contributed by atoms with van der Waals surface area (Å²) in [5.41, 5.74) is 1.75. The van der Waals surface area contributed by atoms with Crippen molar-refractivity contribution in [1.29, 1.82) is 0 Å². The number of hydrogen-bond donors (Lipinski definition) is 1. The van der Waals surface area contributed by atoms with Crippen LogP contribution in [0.2, 0.25) is 10.3 Å². The van der Waals surface area contributed by atoms with Crippen LogP contribution in [0.25, 0.3) is 0 Å². The maximum Gasteiger partial charge on any atom is 0.152 e. The zero-order valence-electron chi connectivity index (χ0n) is 11.7. The van der Waals surface area contributed by atoms with Crippen molar-refractivity contribution < 1.29 is 0 Å². The average Bonchev–Trinajstić information content (AvgIpc) is 2.44. The molecule has 2 aromatic heterocycles. The fourth-order valence-electron chi connectivity index (χ4n) is 1.32. The van der Waals surface area contributed by atoms with E-state index in [9.17, 15) is 0 Å². The molecule has 8 heteroatoms. The summed E-state index contributed by atoms with van der Waals surface area (Å²) < 4.78 is 1.85. The summed E-state index contributed by atoms with van der Waals surface area (Å²) >= 11 is 18.1. The lowest BCUT2D eigenvalue weighted by Crippen LogP contribution is -2.09. The van der Waals surface area contributed by atoms with Gasteiger partial charge < -0.3 is 10.2 Å². The number of rotatable bonds is 2. The highest BCUT2D eigenvalue weighted by molar-refractivity contribution is 9.10. The standard InChI is InChI=1S/C7H8BrClN2.C6H6BrClN2/c1-11(2)6-3-5(8)4-10-7(6)9;1-9-5-2-4(7)3-10-6(5)8/h3-4H,1-2H3;2-3,9H,1H3. The molecule has 114 valence electrons. The van der Waals surface area contributed by atoms with E-state index < -0.39 is 0 Å². The van der Waals surface area contributed by atoms with E-state index in [-0.39, 0.29) is 0 Å². The van der Waals surface area contributed by atoms with Crippen molar-refractivity contribution in [3.05, 3.63) is 43.8 Å². The van der Waals surface area contributed by atoms with E-state index in [1.807, 2.05) is 31.1 Å². The summed E-state index contributed by atoms with van der Waals surface area (Å²) in [7, 11) is 5.65. The lowest BCUT2D eigenvalue weighted by atomic mass is 10.4. The molecular formula is C13H14Br2Cl2N4. The first kappa shape index (κ1) is 18.5. The molecule has 2 aromatic rings. The van der Waals surface area contributed by atoms with Crippen LogP contribution in [0, 0.1) is 0 Å². The van der Waals surface area contributed by atoms with Crippen molar-refractivity contribution in [3.8, 4) is 0 Å². The minimum atomic E-state index is 0.491. The van der Waals surface area contributed by atoms with E-state index in [1.165, 1.54) is 0 Å². The van der Waals surface area contributed by atoms with Gasteiger partial charge in [0.15, 0.2) is 10.3 Å². The molecule has 0 unspecified atom stereocenters. The zero-order chi connectivity index (χ0) is 16.0. The van der Waals surface area contributed by atoms with Crippen molar-refractivity contribution in [2.24, 2.45) is 0 Å². The van der Waals surface area contributed by atoms with Crippen LogP contribution < -0.4 is 10.2 Å². The minimum absolute atomic E-state index is 0.491. The smallest absolute Gasteiger partial charge is 0.152 e. The second-order valence-electron chi connectivity index (χ2n) is 4.10. The van der Waals surface area contributed by atoms with Gasteiger partial charge in [0, 0.05) is 42.5 Å². The van der Waals surface area contributed by atoms with Crippen LogP contribution in [0.15, 0.2) is 33.5 Å². The molecule has 0 bridgehead atoms. The fourth-order valence-corrected chi connectivity index (χ4v) is 2.44. The number of anilines is 2. The molecule has 0 saturated carbocycles. The van der Waals surface area contributed by atoms with Gasteiger partial charge in [-0.3, -0.25) is 0 Å². The molecule has 0 amide bonds. The predicted molar refractivity (Wildman–Crippen MR) is 97.8 cm³/mol. The third-order valence-electron chi connectivity index (χ3n) is 2.34. The van der Waals surface area contributed by atoms with E-state index >= 15 is 0 Å². The first-order valence-corrected chi connectivity index (χ1v) is 8.16. The fraction of sp³-hybridized carbons (Fsp3) is 0.231. The number of hydrogen-bond acceptors (Lipinski definition) is 4. The lowest BCUT2D eigenvalue weighted by molar-refractivity contribution is 1.11. The molecule has 2 rings (SSSR count). The Morgan fingerprint density at radius 2 is 1.52 bits per heavy atom. The Bertz CT molecular complexity index is 609. The molecule has 0 radical (unpaired) electrons. The van der Waals surface area contributed by atoms with Gasteiger partial charge in [0.05, 0.1) is 11.4 Å². The largest absolute Gasteiger partial charge is 0.386 e. The number of nitrogens with zero attached hydrogens (tertiary/aromatic N) is 3. The first-order valence-electron chi connectivity index (χ1n) is 5.82. The minimum Gasteiger partial charge on any atom is -0.386 e. The third kappa shape index (κ3) is 5.98. The summed E-state index contributed by atoms with van der Waals surface area (Å²) in [6, 6.07) is 3.80. The van der Waals surface area contributed by atoms with Crippen LogP contribution in [-0.2, 0) is 0 Å². The SMILES string of the molecule is CN(C)c1cc(Br)cnc1Cl.CNc1cc(Br)cnc1Cl. The summed E-state index contributed by atoms with van der Waals surface area (Å²) in [6.45, 7) is 0. The van der Waals surface area contributed by atoms with Gasteiger partial charge in [0.25, 0.3) is 0 Å². The van der Waals surface area contributed by atoms with E-state index in [1.54, 1.807) is 19.4 Å². The Balaban J connectivity index is 0.000000211. The summed E-state index contributed by atoms with van der Waals surface area (Å²) in [5, 5.41) is 3.93. The van der Waals surface area contributed by atoms with E-state index in [4.69, 9.17) is 23.2 Å².